The van der Waals surface area contributed by atoms with Crippen LogP contribution in [0.15, 0.2) is 60.7 Å². The molecule has 2 aliphatic heterocycles. The van der Waals surface area contributed by atoms with Gasteiger partial charge in [0, 0.05) is 75.4 Å². The Bertz CT molecular complexity index is 1510. The average Bonchev–Trinajstić information content (AvgIpc) is 3.05. The fourth-order valence-electron chi connectivity index (χ4n) is 5.40. The molecule has 5 rings (SSSR count). The third-order valence-corrected chi connectivity index (χ3v) is 8.09. The van der Waals surface area contributed by atoms with Crippen molar-refractivity contribution in [3.05, 3.63) is 86.9 Å². The number of para-hydroxylation sites is 2. The molecule has 13 heteroatoms. The summed E-state index contributed by atoms with van der Waals surface area (Å²) in [5, 5.41) is 17.1. The number of hydrogen-bond acceptors (Lipinski definition) is 9. The molecule has 3 aromatic rings. The Morgan fingerprint density at radius 3 is 2.34 bits per heavy atom. The van der Waals surface area contributed by atoms with E-state index in [-0.39, 0.29) is 22.2 Å². The summed E-state index contributed by atoms with van der Waals surface area (Å²) in [5.41, 5.74) is 2.32. The molecular formula is C31H35ClN6O6. The van der Waals surface area contributed by atoms with Gasteiger partial charge in [0.15, 0.2) is 0 Å². The average molecular weight is 623 g/mol. The third kappa shape index (κ3) is 7.39. The van der Waals surface area contributed by atoms with E-state index in [1.807, 2.05) is 30.3 Å². The summed E-state index contributed by atoms with van der Waals surface area (Å²) >= 11 is 5.91. The van der Waals surface area contributed by atoms with Crippen LogP contribution in [-0.4, -0.2) is 94.3 Å². The fourth-order valence-corrected chi connectivity index (χ4v) is 5.58. The summed E-state index contributed by atoms with van der Waals surface area (Å²) in [7, 11) is 1.66. The van der Waals surface area contributed by atoms with Crippen molar-refractivity contribution in [2.45, 2.75) is 0 Å². The highest BCUT2D eigenvalue weighted by atomic mass is 35.5. The van der Waals surface area contributed by atoms with Gasteiger partial charge >= 0.3 is 0 Å². The van der Waals surface area contributed by atoms with Crippen LogP contribution in [0.25, 0.3) is 0 Å². The number of amides is 2. The molecule has 0 saturated carbocycles. The second-order valence-corrected chi connectivity index (χ2v) is 10.9. The van der Waals surface area contributed by atoms with Crippen LogP contribution in [0.5, 0.6) is 5.75 Å². The van der Waals surface area contributed by atoms with Crippen LogP contribution in [0.3, 0.4) is 0 Å². The van der Waals surface area contributed by atoms with Gasteiger partial charge in [0.25, 0.3) is 17.5 Å². The van der Waals surface area contributed by atoms with Gasteiger partial charge in [-0.25, -0.2) is 0 Å². The molecule has 2 N–H and O–H groups in total. The molecular weight excluding hydrogens is 588 g/mol. The number of nitrogens with one attached hydrogen (secondary N) is 2. The number of rotatable bonds is 10. The van der Waals surface area contributed by atoms with E-state index in [0.29, 0.717) is 50.6 Å². The number of nitro groups is 1. The number of nitrogens with zero attached hydrogens (tertiary/aromatic N) is 4. The van der Waals surface area contributed by atoms with Crippen LogP contribution in [-0.2, 0) is 4.74 Å². The second kappa shape index (κ2) is 14.4. The molecule has 0 atom stereocenters. The van der Waals surface area contributed by atoms with Gasteiger partial charge in [0.2, 0.25) is 0 Å². The molecule has 232 valence electrons. The van der Waals surface area contributed by atoms with E-state index in [1.165, 1.54) is 12.1 Å². The van der Waals surface area contributed by atoms with Crippen molar-refractivity contribution >= 4 is 46.2 Å². The number of morpholine rings is 1. The molecule has 3 aromatic carbocycles. The van der Waals surface area contributed by atoms with E-state index in [2.05, 4.69) is 25.3 Å². The van der Waals surface area contributed by atoms with Crippen molar-refractivity contribution in [3.8, 4) is 5.75 Å². The molecule has 2 heterocycles. The quantitative estimate of drug-likeness (QED) is 0.255. The number of anilines is 3. The molecule has 2 fully saturated rings. The summed E-state index contributed by atoms with van der Waals surface area (Å²) < 4.78 is 11.0. The number of ether oxygens (including phenoxy) is 2. The standard InChI is InChI=1S/C31H35ClN6O6/c1-43-29-5-3-2-4-27(29)37-14-12-36(13-15-37)26-9-7-23(34-30(39)22-6-8-25(32)28(20-22)38(41)42)21-24(26)31(40)33-10-11-35-16-18-44-19-17-35/h2-9,20-21H,10-19H2,1H3,(H,33,40)(H,34,39). The molecule has 2 saturated heterocycles. The minimum absolute atomic E-state index is 0.0576. The van der Waals surface area contributed by atoms with Crippen LogP contribution in [0.1, 0.15) is 20.7 Å². The lowest BCUT2D eigenvalue weighted by Crippen LogP contribution is -2.47. The number of carbonyl (C=O) groups excluding carboxylic acids is 2. The highest BCUT2D eigenvalue weighted by Gasteiger charge is 2.24. The number of halogens is 1. The molecule has 0 radical (unpaired) electrons. The minimum atomic E-state index is -0.638. The van der Waals surface area contributed by atoms with Crippen molar-refractivity contribution in [1.82, 2.24) is 10.2 Å². The van der Waals surface area contributed by atoms with Crippen molar-refractivity contribution in [2.75, 3.05) is 87.8 Å². The number of hydrogen-bond donors (Lipinski definition) is 2. The SMILES string of the molecule is COc1ccccc1N1CCN(c2ccc(NC(=O)c3ccc(Cl)c([N+](=O)[O-])c3)cc2C(=O)NCCN2CCOCC2)CC1. The maximum Gasteiger partial charge on any atom is 0.288 e. The van der Waals surface area contributed by atoms with E-state index in [1.54, 1.807) is 19.2 Å². The van der Waals surface area contributed by atoms with E-state index in [4.69, 9.17) is 21.1 Å². The number of piperazine rings is 1. The van der Waals surface area contributed by atoms with E-state index in [0.717, 1.165) is 49.4 Å². The van der Waals surface area contributed by atoms with Crippen molar-refractivity contribution in [1.29, 1.82) is 0 Å². The van der Waals surface area contributed by atoms with Gasteiger partial charge in [-0.1, -0.05) is 23.7 Å². The van der Waals surface area contributed by atoms with Crippen LogP contribution in [0.4, 0.5) is 22.7 Å². The summed E-state index contributed by atoms with van der Waals surface area (Å²) in [6, 6.07) is 17.0. The second-order valence-electron chi connectivity index (χ2n) is 10.5. The Balaban J connectivity index is 1.34. The van der Waals surface area contributed by atoms with E-state index >= 15 is 0 Å². The first kappa shape index (κ1) is 31.0. The maximum atomic E-state index is 13.6. The number of methoxy groups -OCH3 is 1. The Morgan fingerprint density at radius 2 is 1.64 bits per heavy atom. The molecule has 2 aliphatic rings. The normalized spacial score (nSPS) is 15.5. The van der Waals surface area contributed by atoms with Gasteiger partial charge in [0.05, 0.1) is 36.5 Å². The van der Waals surface area contributed by atoms with Crippen LogP contribution in [0, 0.1) is 10.1 Å². The molecule has 0 spiro atoms. The van der Waals surface area contributed by atoms with Crippen LogP contribution in [0.2, 0.25) is 5.02 Å². The topological polar surface area (TPSA) is 130 Å². The lowest BCUT2D eigenvalue weighted by Gasteiger charge is -2.38. The first-order valence-corrected chi connectivity index (χ1v) is 14.8. The summed E-state index contributed by atoms with van der Waals surface area (Å²) in [5.74, 6) is 0.00709. The lowest BCUT2D eigenvalue weighted by atomic mass is 10.1. The number of carbonyl (C=O) groups is 2. The van der Waals surface area contributed by atoms with Gasteiger partial charge in [-0.15, -0.1) is 0 Å². The fraction of sp³-hybridized carbons (Fsp3) is 0.355. The maximum absolute atomic E-state index is 13.6. The summed E-state index contributed by atoms with van der Waals surface area (Å²) in [4.78, 5) is 43.9. The van der Waals surface area contributed by atoms with E-state index < -0.39 is 10.8 Å². The van der Waals surface area contributed by atoms with Gasteiger partial charge in [0.1, 0.15) is 10.8 Å². The Kier molecular flexibility index (Phi) is 10.2. The lowest BCUT2D eigenvalue weighted by molar-refractivity contribution is -0.384. The zero-order chi connectivity index (χ0) is 31.1. The molecule has 0 unspecified atom stereocenters. The molecule has 44 heavy (non-hydrogen) atoms. The van der Waals surface area contributed by atoms with Gasteiger partial charge in [-0.2, -0.15) is 0 Å². The molecule has 12 nitrogen and oxygen atoms in total. The molecule has 0 bridgehead atoms. The van der Waals surface area contributed by atoms with Crippen molar-refractivity contribution < 1.29 is 24.0 Å². The first-order chi connectivity index (χ1) is 21.3. The first-order valence-electron chi connectivity index (χ1n) is 14.4. The highest BCUT2D eigenvalue weighted by Crippen LogP contribution is 2.31. The van der Waals surface area contributed by atoms with Gasteiger partial charge in [-0.05, 0) is 42.5 Å². The predicted molar refractivity (Wildman–Crippen MR) is 170 cm³/mol. The zero-order valence-electron chi connectivity index (χ0n) is 24.5. The Morgan fingerprint density at radius 1 is 0.932 bits per heavy atom. The van der Waals surface area contributed by atoms with E-state index in [9.17, 15) is 19.7 Å². The molecule has 0 aliphatic carbocycles. The van der Waals surface area contributed by atoms with Crippen LogP contribution < -0.4 is 25.2 Å². The highest BCUT2D eigenvalue weighted by molar-refractivity contribution is 6.32. The zero-order valence-corrected chi connectivity index (χ0v) is 25.2. The number of nitro benzene ring substituents is 1. The Hall–Kier alpha value is -4.39. The van der Waals surface area contributed by atoms with Crippen molar-refractivity contribution in [2.24, 2.45) is 0 Å². The van der Waals surface area contributed by atoms with Gasteiger partial charge < -0.3 is 29.9 Å². The molecule has 0 aromatic heterocycles. The number of benzene rings is 3. The smallest absolute Gasteiger partial charge is 0.288 e. The summed E-state index contributed by atoms with van der Waals surface area (Å²) in [6.07, 6.45) is 0. The van der Waals surface area contributed by atoms with Crippen LogP contribution >= 0.6 is 11.6 Å². The minimum Gasteiger partial charge on any atom is -0.495 e. The van der Waals surface area contributed by atoms with Gasteiger partial charge in [-0.3, -0.25) is 24.6 Å². The monoisotopic (exact) mass is 622 g/mol. The summed E-state index contributed by atoms with van der Waals surface area (Å²) in [6.45, 7) is 6.97. The predicted octanol–water partition coefficient (Wildman–Crippen LogP) is 3.90. The molecule has 2 amide bonds. The largest absolute Gasteiger partial charge is 0.495 e. The third-order valence-electron chi connectivity index (χ3n) is 7.77. The van der Waals surface area contributed by atoms with Crippen molar-refractivity contribution in [3.63, 3.8) is 0 Å². The Labute approximate surface area is 260 Å².